The summed E-state index contributed by atoms with van der Waals surface area (Å²) in [5.74, 6) is -1.10. The fourth-order valence-corrected chi connectivity index (χ4v) is 3.15. The van der Waals surface area contributed by atoms with Crippen molar-refractivity contribution in [3.8, 4) is 0 Å². The summed E-state index contributed by atoms with van der Waals surface area (Å²) in [6.07, 6.45) is 5.57. The number of anilines is 1. The van der Waals surface area contributed by atoms with Crippen LogP contribution in [-0.4, -0.2) is 30.4 Å². The molecule has 1 aromatic carbocycles. The third-order valence-corrected chi connectivity index (χ3v) is 5.22. The minimum Gasteiger partial charge on any atom is -0.456 e. The maximum atomic E-state index is 11.9. The zero-order valence-corrected chi connectivity index (χ0v) is 16.6. The van der Waals surface area contributed by atoms with Crippen molar-refractivity contribution in [2.75, 3.05) is 11.9 Å². The van der Waals surface area contributed by atoms with Gasteiger partial charge in [0.15, 0.2) is 6.61 Å². The van der Waals surface area contributed by atoms with Crippen molar-refractivity contribution < 1.29 is 19.1 Å². The van der Waals surface area contributed by atoms with E-state index in [0.717, 1.165) is 35.7 Å². The second-order valence-electron chi connectivity index (χ2n) is 6.58. The van der Waals surface area contributed by atoms with Crippen LogP contribution in [0.5, 0.6) is 0 Å². The van der Waals surface area contributed by atoms with Crippen LogP contribution in [0.4, 0.5) is 5.69 Å². The number of rotatable bonds is 7. The second kappa shape index (κ2) is 10.3. The van der Waals surface area contributed by atoms with Gasteiger partial charge >= 0.3 is 5.97 Å². The van der Waals surface area contributed by atoms with Crippen molar-refractivity contribution in [3.05, 3.63) is 28.2 Å². The van der Waals surface area contributed by atoms with Gasteiger partial charge < -0.3 is 15.4 Å². The van der Waals surface area contributed by atoms with Crippen LogP contribution in [0, 0.1) is 6.92 Å². The number of hydrogen-bond acceptors (Lipinski definition) is 4. The standard InChI is InChI=1S/C19H25BrN2O4/c1-13-11-15(7-8-16(13)20)22-18(24)12-26-19(25)10-9-17(23)21-14-5-3-2-4-6-14/h7-8,11,14H,2-6,9-10,12H2,1H3,(H,21,23)(H,22,24). The molecule has 2 N–H and O–H groups in total. The summed E-state index contributed by atoms with van der Waals surface area (Å²) in [4.78, 5) is 35.4. The molecular formula is C19H25BrN2O4. The second-order valence-corrected chi connectivity index (χ2v) is 7.43. The van der Waals surface area contributed by atoms with E-state index in [-0.39, 0.29) is 31.4 Å². The van der Waals surface area contributed by atoms with Gasteiger partial charge in [0.25, 0.3) is 5.91 Å². The molecular weight excluding hydrogens is 400 g/mol. The van der Waals surface area contributed by atoms with Crippen LogP contribution in [0.15, 0.2) is 22.7 Å². The fourth-order valence-electron chi connectivity index (χ4n) is 2.90. The number of halogens is 1. The highest BCUT2D eigenvalue weighted by atomic mass is 79.9. The Hall–Kier alpha value is -1.89. The molecule has 0 unspecified atom stereocenters. The number of aryl methyl sites for hydroxylation is 1. The average molecular weight is 425 g/mol. The monoisotopic (exact) mass is 424 g/mol. The lowest BCUT2D eigenvalue weighted by Gasteiger charge is -2.22. The van der Waals surface area contributed by atoms with Crippen molar-refractivity contribution in [1.29, 1.82) is 0 Å². The first kappa shape index (κ1) is 20.4. The Morgan fingerprint density at radius 1 is 1.12 bits per heavy atom. The van der Waals surface area contributed by atoms with Crippen LogP contribution in [0.3, 0.4) is 0 Å². The molecule has 1 aromatic rings. The summed E-state index contributed by atoms with van der Waals surface area (Å²) < 4.78 is 5.88. The fraction of sp³-hybridized carbons (Fsp3) is 0.526. The molecule has 0 atom stereocenters. The number of amides is 2. The number of esters is 1. The Bertz CT molecular complexity index is 657. The van der Waals surface area contributed by atoms with Gasteiger partial charge in [0, 0.05) is 22.6 Å². The largest absolute Gasteiger partial charge is 0.456 e. The molecule has 0 spiro atoms. The van der Waals surface area contributed by atoms with Crippen molar-refractivity contribution in [3.63, 3.8) is 0 Å². The van der Waals surface area contributed by atoms with Crippen LogP contribution in [0.25, 0.3) is 0 Å². The molecule has 1 saturated carbocycles. The molecule has 0 aliphatic heterocycles. The van der Waals surface area contributed by atoms with E-state index < -0.39 is 11.9 Å². The van der Waals surface area contributed by atoms with E-state index in [1.54, 1.807) is 6.07 Å². The van der Waals surface area contributed by atoms with E-state index in [9.17, 15) is 14.4 Å². The molecule has 0 bridgehead atoms. The lowest BCUT2D eigenvalue weighted by Crippen LogP contribution is -2.36. The molecule has 2 amide bonds. The first-order valence-corrected chi connectivity index (χ1v) is 9.74. The highest BCUT2D eigenvalue weighted by Gasteiger charge is 2.17. The molecule has 0 radical (unpaired) electrons. The van der Waals surface area contributed by atoms with E-state index in [0.29, 0.717) is 5.69 Å². The predicted octanol–water partition coefficient (Wildman–Crippen LogP) is 3.47. The van der Waals surface area contributed by atoms with Gasteiger partial charge in [0.1, 0.15) is 0 Å². The molecule has 6 nitrogen and oxygen atoms in total. The lowest BCUT2D eigenvalue weighted by molar-refractivity contribution is -0.148. The quantitative estimate of drug-likeness (QED) is 0.656. The minimum absolute atomic E-state index is 0.0246. The normalized spacial score (nSPS) is 14.5. The molecule has 2 rings (SSSR count). The van der Waals surface area contributed by atoms with Crippen molar-refractivity contribution in [2.45, 2.75) is 57.9 Å². The van der Waals surface area contributed by atoms with E-state index >= 15 is 0 Å². The summed E-state index contributed by atoms with van der Waals surface area (Å²) in [7, 11) is 0. The first-order valence-electron chi connectivity index (χ1n) is 8.95. The summed E-state index contributed by atoms with van der Waals surface area (Å²) in [6.45, 7) is 1.55. The summed E-state index contributed by atoms with van der Waals surface area (Å²) in [5, 5.41) is 5.62. The maximum absolute atomic E-state index is 11.9. The van der Waals surface area contributed by atoms with Crippen molar-refractivity contribution in [2.24, 2.45) is 0 Å². The molecule has 1 aliphatic rings. The van der Waals surface area contributed by atoms with E-state index in [1.807, 2.05) is 19.1 Å². The highest BCUT2D eigenvalue weighted by Crippen LogP contribution is 2.20. The van der Waals surface area contributed by atoms with Gasteiger partial charge in [-0.25, -0.2) is 0 Å². The number of benzene rings is 1. The van der Waals surface area contributed by atoms with Gasteiger partial charge in [-0.15, -0.1) is 0 Å². The first-order chi connectivity index (χ1) is 12.4. The Morgan fingerprint density at radius 3 is 2.54 bits per heavy atom. The van der Waals surface area contributed by atoms with Crippen LogP contribution in [-0.2, 0) is 19.1 Å². The molecule has 26 heavy (non-hydrogen) atoms. The van der Waals surface area contributed by atoms with Crippen LogP contribution < -0.4 is 10.6 Å². The van der Waals surface area contributed by atoms with E-state index in [2.05, 4.69) is 26.6 Å². The van der Waals surface area contributed by atoms with Crippen LogP contribution in [0.1, 0.15) is 50.5 Å². The highest BCUT2D eigenvalue weighted by molar-refractivity contribution is 9.10. The van der Waals surface area contributed by atoms with Gasteiger partial charge in [0.2, 0.25) is 5.91 Å². The minimum atomic E-state index is -0.550. The number of carbonyl (C=O) groups is 3. The van der Waals surface area contributed by atoms with Crippen molar-refractivity contribution >= 4 is 39.4 Å². The van der Waals surface area contributed by atoms with Gasteiger partial charge in [-0.3, -0.25) is 14.4 Å². The molecule has 0 aromatic heterocycles. The van der Waals surface area contributed by atoms with Crippen LogP contribution in [0.2, 0.25) is 0 Å². The Labute approximate surface area is 162 Å². The summed E-state index contributed by atoms with van der Waals surface area (Å²) in [5.41, 5.74) is 1.63. The molecule has 0 heterocycles. The zero-order chi connectivity index (χ0) is 18.9. The number of ether oxygens (including phenoxy) is 1. The smallest absolute Gasteiger partial charge is 0.306 e. The SMILES string of the molecule is Cc1cc(NC(=O)COC(=O)CCC(=O)NC2CCCCC2)ccc1Br. The Balaban J connectivity index is 1.63. The third kappa shape index (κ3) is 7.15. The molecule has 142 valence electrons. The average Bonchev–Trinajstić information content (AvgIpc) is 2.62. The number of nitrogens with one attached hydrogen (secondary N) is 2. The molecule has 0 saturated heterocycles. The summed E-state index contributed by atoms with van der Waals surface area (Å²) >= 11 is 3.39. The van der Waals surface area contributed by atoms with Gasteiger partial charge in [-0.2, -0.15) is 0 Å². The zero-order valence-electron chi connectivity index (χ0n) is 15.0. The molecule has 1 aliphatic carbocycles. The topological polar surface area (TPSA) is 84.5 Å². The van der Waals surface area contributed by atoms with Crippen molar-refractivity contribution in [1.82, 2.24) is 5.32 Å². The van der Waals surface area contributed by atoms with Crippen LogP contribution >= 0.6 is 15.9 Å². The van der Waals surface area contributed by atoms with Gasteiger partial charge in [-0.1, -0.05) is 35.2 Å². The maximum Gasteiger partial charge on any atom is 0.306 e. The number of hydrogen-bond donors (Lipinski definition) is 2. The Morgan fingerprint density at radius 2 is 1.85 bits per heavy atom. The van der Waals surface area contributed by atoms with Gasteiger partial charge in [-0.05, 0) is 43.5 Å². The lowest BCUT2D eigenvalue weighted by atomic mass is 9.95. The molecule has 7 heteroatoms. The van der Waals surface area contributed by atoms with E-state index in [4.69, 9.17) is 4.74 Å². The predicted molar refractivity (Wildman–Crippen MR) is 103 cm³/mol. The molecule has 1 fully saturated rings. The third-order valence-electron chi connectivity index (χ3n) is 4.33. The Kier molecular flexibility index (Phi) is 8.09. The van der Waals surface area contributed by atoms with E-state index in [1.165, 1.54) is 6.42 Å². The van der Waals surface area contributed by atoms with Gasteiger partial charge in [0.05, 0.1) is 6.42 Å². The summed E-state index contributed by atoms with van der Waals surface area (Å²) in [6, 6.07) is 5.64. The number of carbonyl (C=O) groups excluding carboxylic acids is 3.